The molecule has 7 nitrogen and oxygen atoms in total. The predicted octanol–water partition coefficient (Wildman–Crippen LogP) is 3.43. The number of ether oxygens (including phenoxy) is 2. The molecule has 0 amide bonds. The molecule has 4 atom stereocenters. The molecule has 0 aliphatic carbocycles. The third-order valence-corrected chi connectivity index (χ3v) is 10.7. The first kappa shape index (κ1) is 18.6. The zero-order valence-electron chi connectivity index (χ0n) is 13.4. The van der Waals surface area contributed by atoms with E-state index in [0.717, 1.165) is 19.3 Å². The van der Waals surface area contributed by atoms with Crippen LogP contribution in [-0.4, -0.2) is 51.4 Å². The summed E-state index contributed by atoms with van der Waals surface area (Å²) >= 11 is 0. The molecule has 0 N–H and O–H groups in total. The fourth-order valence-corrected chi connectivity index (χ4v) is 9.43. The first-order valence-corrected chi connectivity index (χ1v) is 11.2. The Kier molecular flexibility index (Phi) is 6.67. The summed E-state index contributed by atoms with van der Waals surface area (Å²) < 4.78 is 53.1. The Labute approximate surface area is 132 Å². The highest BCUT2D eigenvalue weighted by atomic mass is 31.2. The predicted molar refractivity (Wildman–Crippen MR) is 82.6 cm³/mol. The highest BCUT2D eigenvalue weighted by molar-refractivity contribution is 7.75. The van der Waals surface area contributed by atoms with Gasteiger partial charge in [0.2, 0.25) is 7.37 Å². The maximum Gasteiger partial charge on any atom is 0.345 e. The summed E-state index contributed by atoms with van der Waals surface area (Å²) in [6.45, 7) is 2.70. The molecule has 2 rings (SSSR count). The molecule has 2 heterocycles. The summed E-state index contributed by atoms with van der Waals surface area (Å²) in [6.07, 6.45) is 2.78. The normalized spacial score (nSPS) is 36.6. The standard InChI is InChI=1S/C13H26O7P2/c1-4-19-21(14)10-8-11(13(21)22(15,16-2)17-3)20-12-7-5-6-9-18-12/h11-13H,4-10H2,1-3H3. The molecule has 0 aromatic rings. The summed E-state index contributed by atoms with van der Waals surface area (Å²) in [5.74, 6) is 0. The fourth-order valence-electron chi connectivity index (χ4n) is 3.06. The lowest BCUT2D eigenvalue weighted by Gasteiger charge is -2.32. The highest BCUT2D eigenvalue weighted by Gasteiger charge is 2.58. The molecule has 0 radical (unpaired) electrons. The second-order valence-electron chi connectivity index (χ2n) is 5.45. The second kappa shape index (κ2) is 7.89. The van der Waals surface area contributed by atoms with Crippen LogP contribution >= 0.6 is 15.0 Å². The Balaban J connectivity index is 2.20. The SMILES string of the molecule is CCOP1(=O)CCC(OC2CCCCO2)C1P(=O)(OC)OC. The monoisotopic (exact) mass is 356 g/mol. The van der Waals surface area contributed by atoms with Crippen molar-refractivity contribution in [3.05, 3.63) is 0 Å². The molecule has 0 spiro atoms. The number of rotatable bonds is 7. The first-order chi connectivity index (χ1) is 10.5. The Morgan fingerprint density at radius 2 is 1.95 bits per heavy atom. The molecule has 130 valence electrons. The Morgan fingerprint density at radius 1 is 1.23 bits per heavy atom. The van der Waals surface area contributed by atoms with Crippen LogP contribution in [0.15, 0.2) is 0 Å². The van der Waals surface area contributed by atoms with Gasteiger partial charge in [-0.1, -0.05) is 0 Å². The molecular weight excluding hydrogens is 330 g/mol. The molecule has 0 bridgehead atoms. The van der Waals surface area contributed by atoms with Crippen LogP contribution in [0.5, 0.6) is 0 Å². The highest BCUT2D eigenvalue weighted by Crippen LogP contribution is 2.74. The van der Waals surface area contributed by atoms with Gasteiger partial charge in [-0.15, -0.1) is 0 Å². The molecule has 2 fully saturated rings. The van der Waals surface area contributed by atoms with E-state index < -0.39 is 26.5 Å². The molecular formula is C13H26O7P2. The second-order valence-corrected chi connectivity index (χ2v) is 10.9. The lowest BCUT2D eigenvalue weighted by molar-refractivity contribution is -0.184. The summed E-state index contributed by atoms with van der Waals surface area (Å²) in [6, 6.07) is 0. The van der Waals surface area contributed by atoms with Crippen LogP contribution in [0.25, 0.3) is 0 Å². The van der Waals surface area contributed by atoms with E-state index in [0.29, 0.717) is 19.2 Å². The van der Waals surface area contributed by atoms with E-state index in [1.807, 2.05) is 0 Å². The van der Waals surface area contributed by atoms with Crippen molar-refractivity contribution in [2.45, 2.75) is 50.4 Å². The van der Waals surface area contributed by atoms with Crippen molar-refractivity contribution in [2.24, 2.45) is 0 Å². The fraction of sp³-hybridized carbons (Fsp3) is 1.00. The van der Waals surface area contributed by atoms with Crippen molar-refractivity contribution in [2.75, 3.05) is 33.6 Å². The van der Waals surface area contributed by atoms with Gasteiger partial charge < -0.3 is 23.0 Å². The van der Waals surface area contributed by atoms with Crippen molar-refractivity contribution >= 4 is 15.0 Å². The largest absolute Gasteiger partial charge is 0.353 e. The Morgan fingerprint density at radius 3 is 2.50 bits per heavy atom. The van der Waals surface area contributed by atoms with Crippen LogP contribution in [0.3, 0.4) is 0 Å². The van der Waals surface area contributed by atoms with Crippen LogP contribution in [0.2, 0.25) is 0 Å². The zero-order chi connectivity index (χ0) is 16.2. The van der Waals surface area contributed by atoms with E-state index in [2.05, 4.69) is 0 Å². The molecule has 0 aromatic carbocycles. The summed E-state index contributed by atoms with van der Waals surface area (Å²) in [5.41, 5.74) is 0. The quantitative estimate of drug-likeness (QED) is 0.647. The maximum absolute atomic E-state index is 13.1. The molecule has 0 aromatic heterocycles. The van der Waals surface area contributed by atoms with Gasteiger partial charge in [-0.05, 0) is 32.6 Å². The van der Waals surface area contributed by atoms with Crippen LogP contribution < -0.4 is 0 Å². The van der Waals surface area contributed by atoms with Gasteiger partial charge in [-0.25, -0.2) is 0 Å². The Hall–Kier alpha value is 0.260. The zero-order valence-corrected chi connectivity index (χ0v) is 15.2. The lowest BCUT2D eigenvalue weighted by Crippen LogP contribution is -2.32. The minimum absolute atomic E-state index is 0.286. The van der Waals surface area contributed by atoms with E-state index in [9.17, 15) is 9.13 Å². The molecule has 9 heteroatoms. The molecule has 4 unspecified atom stereocenters. The average Bonchev–Trinajstić information content (AvgIpc) is 2.85. The van der Waals surface area contributed by atoms with Gasteiger partial charge >= 0.3 is 7.60 Å². The van der Waals surface area contributed by atoms with Crippen molar-refractivity contribution in [1.29, 1.82) is 0 Å². The van der Waals surface area contributed by atoms with Crippen molar-refractivity contribution in [3.8, 4) is 0 Å². The van der Waals surface area contributed by atoms with E-state index in [-0.39, 0.29) is 12.9 Å². The maximum atomic E-state index is 13.1. The number of hydrogen-bond donors (Lipinski definition) is 0. The summed E-state index contributed by atoms with van der Waals surface area (Å²) in [4.78, 5) is 0. The Bertz CT molecular complexity index is 442. The topological polar surface area (TPSA) is 80.3 Å². The molecule has 22 heavy (non-hydrogen) atoms. The third kappa shape index (κ3) is 3.84. The van der Waals surface area contributed by atoms with Crippen LogP contribution in [0.4, 0.5) is 0 Å². The molecule has 2 aliphatic heterocycles. The van der Waals surface area contributed by atoms with Gasteiger partial charge in [0.15, 0.2) is 11.7 Å². The molecule has 2 aliphatic rings. The molecule has 2 saturated heterocycles. The third-order valence-electron chi connectivity index (χ3n) is 4.11. The van der Waals surface area contributed by atoms with Gasteiger partial charge in [0.1, 0.15) is 0 Å². The lowest BCUT2D eigenvalue weighted by atomic mass is 10.2. The van der Waals surface area contributed by atoms with Gasteiger partial charge in [0.25, 0.3) is 0 Å². The van der Waals surface area contributed by atoms with Crippen LogP contribution in [0, 0.1) is 0 Å². The van der Waals surface area contributed by atoms with Gasteiger partial charge in [0, 0.05) is 27.0 Å². The van der Waals surface area contributed by atoms with Crippen LogP contribution in [-0.2, 0) is 32.2 Å². The van der Waals surface area contributed by atoms with E-state index in [1.54, 1.807) is 6.92 Å². The van der Waals surface area contributed by atoms with Crippen molar-refractivity contribution in [1.82, 2.24) is 0 Å². The minimum atomic E-state index is -3.57. The smallest absolute Gasteiger partial charge is 0.345 e. The first-order valence-electron chi connectivity index (χ1n) is 7.70. The average molecular weight is 356 g/mol. The summed E-state index contributed by atoms with van der Waals surface area (Å²) in [7, 11) is -4.13. The van der Waals surface area contributed by atoms with E-state index >= 15 is 0 Å². The minimum Gasteiger partial charge on any atom is -0.353 e. The van der Waals surface area contributed by atoms with E-state index in [4.69, 9.17) is 23.0 Å². The molecule has 0 saturated carbocycles. The van der Waals surface area contributed by atoms with Crippen molar-refractivity contribution in [3.63, 3.8) is 0 Å². The van der Waals surface area contributed by atoms with Gasteiger partial charge in [0.05, 0.1) is 12.7 Å². The van der Waals surface area contributed by atoms with Crippen LogP contribution in [0.1, 0.15) is 32.6 Å². The summed E-state index contributed by atoms with van der Waals surface area (Å²) in [5, 5.41) is -0.888. The van der Waals surface area contributed by atoms with Gasteiger partial charge in [-0.3, -0.25) is 9.13 Å². The number of hydrogen-bond acceptors (Lipinski definition) is 7. The van der Waals surface area contributed by atoms with Crippen molar-refractivity contribution < 1.29 is 32.2 Å². The van der Waals surface area contributed by atoms with E-state index in [1.165, 1.54) is 14.2 Å². The van der Waals surface area contributed by atoms with Gasteiger partial charge in [-0.2, -0.15) is 0 Å².